The van der Waals surface area contributed by atoms with E-state index < -0.39 is 4.92 Å². The molecule has 104 valence electrons. The minimum atomic E-state index is -0.594. The highest BCUT2D eigenvalue weighted by Gasteiger charge is 2.24. The Balaban J connectivity index is 2.50. The molecule has 0 amide bonds. The molecule has 1 aromatic heterocycles. The molecule has 2 aromatic rings. The SMILES string of the molecule is Cc1ccc(Oc2nc(Cl)nc(C)c2[N+](=O)[O-])c(Br)c1. The van der Waals surface area contributed by atoms with Gasteiger partial charge in [0, 0.05) is 0 Å². The predicted octanol–water partition coefficient (Wildman–Crippen LogP) is 4.21. The Hall–Kier alpha value is -1.73. The summed E-state index contributed by atoms with van der Waals surface area (Å²) in [6, 6.07) is 5.34. The lowest BCUT2D eigenvalue weighted by atomic mass is 10.2. The summed E-state index contributed by atoms with van der Waals surface area (Å²) in [5.41, 5.74) is 0.866. The van der Waals surface area contributed by atoms with Crippen LogP contribution < -0.4 is 4.74 Å². The van der Waals surface area contributed by atoms with Gasteiger partial charge in [-0.3, -0.25) is 10.1 Å². The number of nitrogens with zero attached hydrogens (tertiary/aromatic N) is 3. The Kier molecular flexibility index (Phi) is 4.20. The lowest BCUT2D eigenvalue weighted by Crippen LogP contribution is -2.01. The third-order valence-corrected chi connectivity index (χ3v) is 3.26. The van der Waals surface area contributed by atoms with Crippen LogP contribution in [0, 0.1) is 24.0 Å². The number of hydrogen-bond donors (Lipinski definition) is 0. The third kappa shape index (κ3) is 3.05. The summed E-state index contributed by atoms with van der Waals surface area (Å²) in [7, 11) is 0. The highest BCUT2D eigenvalue weighted by Crippen LogP contribution is 2.35. The topological polar surface area (TPSA) is 78.2 Å². The van der Waals surface area contributed by atoms with Crippen molar-refractivity contribution in [1.29, 1.82) is 0 Å². The molecule has 0 N–H and O–H groups in total. The van der Waals surface area contributed by atoms with Gasteiger partial charge >= 0.3 is 11.6 Å². The van der Waals surface area contributed by atoms with Crippen molar-refractivity contribution < 1.29 is 9.66 Å². The predicted molar refractivity (Wildman–Crippen MR) is 77.4 cm³/mol. The fourth-order valence-corrected chi connectivity index (χ4v) is 2.36. The van der Waals surface area contributed by atoms with E-state index in [1.54, 1.807) is 6.07 Å². The third-order valence-electron chi connectivity index (χ3n) is 2.48. The van der Waals surface area contributed by atoms with Crippen molar-refractivity contribution in [1.82, 2.24) is 9.97 Å². The van der Waals surface area contributed by atoms with E-state index in [9.17, 15) is 10.1 Å². The van der Waals surface area contributed by atoms with Gasteiger partial charge in [0.05, 0.1) is 9.40 Å². The number of aromatic nitrogens is 2. The summed E-state index contributed by atoms with van der Waals surface area (Å²) in [6.45, 7) is 3.39. The highest BCUT2D eigenvalue weighted by atomic mass is 79.9. The van der Waals surface area contributed by atoms with Crippen molar-refractivity contribution in [2.45, 2.75) is 13.8 Å². The molecule has 0 saturated carbocycles. The van der Waals surface area contributed by atoms with Gasteiger partial charge in [-0.2, -0.15) is 4.98 Å². The molecule has 0 spiro atoms. The first-order chi connectivity index (χ1) is 9.38. The van der Waals surface area contributed by atoms with Gasteiger partial charge in [-0.15, -0.1) is 0 Å². The monoisotopic (exact) mass is 357 g/mol. The van der Waals surface area contributed by atoms with Gasteiger partial charge in [0.15, 0.2) is 0 Å². The van der Waals surface area contributed by atoms with Crippen LogP contribution in [0.25, 0.3) is 0 Å². The second-order valence-electron chi connectivity index (χ2n) is 4.02. The molecule has 1 heterocycles. The van der Waals surface area contributed by atoms with E-state index in [0.29, 0.717) is 10.2 Å². The lowest BCUT2D eigenvalue weighted by molar-refractivity contribution is -0.386. The normalized spacial score (nSPS) is 10.4. The van der Waals surface area contributed by atoms with Crippen LogP contribution in [0.1, 0.15) is 11.3 Å². The number of nitro groups is 1. The van der Waals surface area contributed by atoms with Gasteiger partial charge in [0.25, 0.3) is 0 Å². The van der Waals surface area contributed by atoms with Gasteiger partial charge in [-0.1, -0.05) is 6.07 Å². The molecule has 0 fully saturated rings. The Morgan fingerprint density at radius 1 is 1.35 bits per heavy atom. The van der Waals surface area contributed by atoms with E-state index in [2.05, 4.69) is 25.9 Å². The number of hydrogen-bond acceptors (Lipinski definition) is 5. The summed E-state index contributed by atoms with van der Waals surface area (Å²) >= 11 is 9.05. The molecule has 0 bridgehead atoms. The Morgan fingerprint density at radius 3 is 2.65 bits per heavy atom. The summed E-state index contributed by atoms with van der Waals surface area (Å²) in [6.07, 6.45) is 0. The number of rotatable bonds is 3. The molecule has 0 aliphatic heterocycles. The average Bonchev–Trinajstić information content (AvgIpc) is 2.31. The van der Waals surface area contributed by atoms with E-state index in [1.807, 2.05) is 19.1 Å². The number of benzene rings is 1. The first-order valence-corrected chi connectivity index (χ1v) is 6.68. The van der Waals surface area contributed by atoms with Crippen LogP contribution in [-0.4, -0.2) is 14.9 Å². The molecule has 0 atom stereocenters. The van der Waals surface area contributed by atoms with Crippen LogP contribution >= 0.6 is 27.5 Å². The van der Waals surface area contributed by atoms with Crippen LogP contribution in [0.3, 0.4) is 0 Å². The zero-order valence-corrected chi connectivity index (χ0v) is 12.9. The van der Waals surface area contributed by atoms with E-state index in [0.717, 1.165) is 5.56 Å². The Labute approximate surface area is 128 Å². The second-order valence-corrected chi connectivity index (χ2v) is 5.22. The molecule has 8 heteroatoms. The van der Waals surface area contributed by atoms with E-state index in [4.69, 9.17) is 16.3 Å². The summed E-state index contributed by atoms with van der Waals surface area (Å²) in [4.78, 5) is 18.0. The summed E-state index contributed by atoms with van der Waals surface area (Å²) in [5.74, 6) is 0.227. The number of ether oxygens (including phenoxy) is 1. The van der Waals surface area contributed by atoms with Crippen LogP contribution in [0.4, 0.5) is 5.69 Å². The molecule has 6 nitrogen and oxygen atoms in total. The van der Waals surface area contributed by atoms with Crippen LogP contribution in [-0.2, 0) is 0 Å². The second kappa shape index (κ2) is 5.72. The van der Waals surface area contributed by atoms with Crippen molar-refractivity contribution in [3.8, 4) is 11.6 Å². The molecular formula is C12H9BrClN3O3. The largest absolute Gasteiger partial charge is 0.432 e. The molecule has 20 heavy (non-hydrogen) atoms. The van der Waals surface area contributed by atoms with Gasteiger partial charge in [0.1, 0.15) is 11.4 Å². The fourth-order valence-electron chi connectivity index (χ4n) is 1.58. The summed E-state index contributed by atoms with van der Waals surface area (Å²) in [5, 5.41) is 11.0. The Bertz CT molecular complexity index is 694. The van der Waals surface area contributed by atoms with Crippen LogP contribution in [0.2, 0.25) is 5.28 Å². The van der Waals surface area contributed by atoms with Gasteiger partial charge in [0.2, 0.25) is 5.28 Å². The Morgan fingerprint density at radius 2 is 2.05 bits per heavy atom. The van der Waals surface area contributed by atoms with E-state index >= 15 is 0 Å². The maximum absolute atomic E-state index is 11.1. The standard InChI is InChI=1S/C12H9BrClN3O3/c1-6-3-4-9(8(13)5-6)20-11-10(17(18)19)7(2)15-12(14)16-11/h3-5H,1-2H3. The van der Waals surface area contributed by atoms with Gasteiger partial charge < -0.3 is 4.74 Å². The molecule has 1 aromatic carbocycles. The molecule has 0 unspecified atom stereocenters. The van der Waals surface area contributed by atoms with Gasteiger partial charge in [-0.05, 0) is 59.1 Å². The molecule has 2 rings (SSSR count). The first-order valence-electron chi connectivity index (χ1n) is 5.51. The zero-order chi connectivity index (χ0) is 14.9. The van der Waals surface area contributed by atoms with Crippen molar-refractivity contribution in [3.05, 3.63) is 49.3 Å². The quantitative estimate of drug-likeness (QED) is 0.466. The van der Waals surface area contributed by atoms with Gasteiger partial charge in [-0.25, -0.2) is 4.98 Å². The minimum absolute atomic E-state index is 0.105. The molecule has 0 aliphatic carbocycles. The minimum Gasteiger partial charge on any atom is -0.432 e. The first kappa shape index (κ1) is 14.7. The number of halogens is 2. The number of aryl methyl sites for hydroxylation is 2. The van der Waals surface area contributed by atoms with Crippen LogP contribution in [0.15, 0.2) is 22.7 Å². The van der Waals surface area contributed by atoms with E-state index in [-0.39, 0.29) is 22.5 Å². The van der Waals surface area contributed by atoms with Crippen LogP contribution in [0.5, 0.6) is 11.6 Å². The molecular weight excluding hydrogens is 350 g/mol. The zero-order valence-electron chi connectivity index (χ0n) is 10.6. The van der Waals surface area contributed by atoms with Crippen molar-refractivity contribution in [2.24, 2.45) is 0 Å². The smallest absolute Gasteiger partial charge is 0.352 e. The maximum atomic E-state index is 11.1. The molecule has 0 radical (unpaired) electrons. The van der Waals surface area contributed by atoms with E-state index in [1.165, 1.54) is 6.92 Å². The highest BCUT2D eigenvalue weighted by molar-refractivity contribution is 9.10. The average molecular weight is 359 g/mol. The molecule has 0 aliphatic rings. The lowest BCUT2D eigenvalue weighted by Gasteiger charge is -2.08. The molecule has 0 saturated heterocycles. The summed E-state index contributed by atoms with van der Waals surface area (Å²) < 4.78 is 6.16. The van der Waals surface area contributed by atoms with Crippen molar-refractivity contribution in [3.63, 3.8) is 0 Å². The fraction of sp³-hybridized carbons (Fsp3) is 0.167. The van der Waals surface area contributed by atoms with Crippen molar-refractivity contribution >= 4 is 33.2 Å². The maximum Gasteiger partial charge on any atom is 0.352 e. The van der Waals surface area contributed by atoms with Crippen molar-refractivity contribution in [2.75, 3.05) is 0 Å².